The predicted octanol–water partition coefficient (Wildman–Crippen LogP) is 4.99. The van der Waals surface area contributed by atoms with E-state index in [-0.39, 0.29) is 5.91 Å². The summed E-state index contributed by atoms with van der Waals surface area (Å²) < 4.78 is 0. The number of benzene rings is 2. The third-order valence-corrected chi connectivity index (χ3v) is 3.41. The van der Waals surface area contributed by atoms with Gasteiger partial charge in [-0.2, -0.15) is 0 Å². The van der Waals surface area contributed by atoms with E-state index in [1.165, 1.54) is 0 Å². The second-order valence-electron chi connectivity index (χ2n) is 4.67. The lowest BCUT2D eigenvalue weighted by molar-refractivity contribution is 0.102. The minimum absolute atomic E-state index is 0.195. The van der Waals surface area contributed by atoms with Crippen molar-refractivity contribution in [2.24, 2.45) is 0 Å². The van der Waals surface area contributed by atoms with Gasteiger partial charge in [0.25, 0.3) is 5.91 Å². The van der Waals surface area contributed by atoms with E-state index in [0.29, 0.717) is 21.3 Å². The van der Waals surface area contributed by atoms with Gasteiger partial charge in [-0.05, 0) is 55.8 Å². The molecule has 0 aliphatic heterocycles. The molecule has 0 aliphatic rings. The second-order valence-corrected chi connectivity index (χ2v) is 5.55. The van der Waals surface area contributed by atoms with Crippen LogP contribution < -0.4 is 10.6 Å². The lowest BCUT2D eigenvalue weighted by Gasteiger charge is -2.10. The van der Waals surface area contributed by atoms with Crippen LogP contribution >= 0.6 is 23.2 Å². The highest BCUT2D eigenvalue weighted by atomic mass is 35.5. The lowest BCUT2D eigenvalue weighted by atomic mass is 10.1. The Morgan fingerprint density at radius 2 is 1.76 bits per heavy atom. The fourth-order valence-electron chi connectivity index (χ4n) is 2.02. The Labute approximate surface area is 134 Å². The summed E-state index contributed by atoms with van der Waals surface area (Å²) >= 11 is 11.8. The van der Waals surface area contributed by atoms with Crippen LogP contribution in [0.25, 0.3) is 0 Å². The van der Waals surface area contributed by atoms with Crippen molar-refractivity contribution in [3.63, 3.8) is 0 Å². The molecule has 0 atom stereocenters. The Balaban J connectivity index is 2.18. The van der Waals surface area contributed by atoms with Crippen LogP contribution in [0.5, 0.6) is 0 Å². The van der Waals surface area contributed by atoms with Crippen molar-refractivity contribution in [1.29, 1.82) is 0 Å². The van der Waals surface area contributed by atoms with Gasteiger partial charge in [0, 0.05) is 33.5 Å². The second kappa shape index (κ2) is 6.83. The maximum atomic E-state index is 12.2. The average molecular weight is 323 g/mol. The molecule has 5 heteroatoms. The van der Waals surface area contributed by atoms with Gasteiger partial charge in [0.15, 0.2) is 0 Å². The van der Waals surface area contributed by atoms with Crippen LogP contribution in [0.15, 0.2) is 36.4 Å². The molecule has 2 aromatic carbocycles. The summed E-state index contributed by atoms with van der Waals surface area (Å²) in [5.41, 5.74) is 3.21. The minimum atomic E-state index is -0.195. The number of rotatable bonds is 4. The standard InChI is InChI=1S/C16H16Cl2N2O/c1-3-19-15-5-4-11(6-10(15)2)16(21)20-14-8-12(17)7-13(18)9-14/h4-9,19H,3H2,1-2H3,(H,20,21). The molecular weight excluding hydrogens is 307 g/mol. The molecule has 0 saturated heterocycles. The van der Waals surface area contributed by atoms with Crippen LogP contribution in [0, 0.1) is 6.92 Å². The lowest BCUT2D eigenvalue weighted by Crippen LogP contribution is -2.12. The van der Waals surface area contributed by atoms with Crippen molar-refractivity contribution in [3.05, 3.63) is 57.6 Å². The first kappa shape index (κ1) is 15.7. The number of nitrogens with one attached hydrogen (secondary N) is 2. The Hall–Kier alpha value is -1.71. The van der Waals surface area contributed by atoms with Crippen LogP contribution in [0.2, 0.25) is 10.0 Å². The van der Waals surface area contributed by atoms with Crippen LogP contribution in [-0.4, -0.2) is 12.5 Å². The van der Waals surface area contributed by atoms with E-state index in [0.717, 1.165) is 17.8 Å². The summed E-state index contributed by atoms with van der Waals surface area (Å²) in [5.74, 6) is -0.195. The third-order valence-electron chi connectivity index (χ3n) is 2.98. The number of carbonyl (C=O) groups is 1. The van der Waals surface area contributed by atoms with Gasteiger partial charge in [-0.15, -0.1) is 0 Å². The normalized spacial score (nSPS) is 10.3. The van der Waals surface area contributed by atoms with E-state index in [1.807, 2.05) is 26.0 Å². The minimum Gasteiger partial charge on any atom is -0.385 e. The first-order chi connectivity index (χ1) is 9.99. The molecule has 2 N–H and O–H groups in total. The first-order valence-corrected chi connectivity index (χ1v) is 7.37. The van der Waals surface area contributed by atoms with Gasteiger partial charge in [-0.25, -0.2) is 0 Å². The highest BCUT2D eigenvalue weighted by Crippen LogP contribution is 2.23. The Morgan fingerprint density at radius 3 is 2.33 bits per heavy atom. The molecule has 0 heterocycles. The molecule has 110 valence electrons. The quantitative estimate of drug-likeness (QED) is 0.832. The maximum Gasteiger partial charge on any atom is 0.255 e. The Morgan fingerprint density at radius 1 is 1.10 bits per heavy atom. The molecule has 0 aliphatic carbocycles. The van der Waals surface area contributed by atoms with Crippen molar-refractivity contribution in [3.8, 4) is 0 Å². The van der Waals surface area contributed by atoms with E-state index in [2.05, 4.69) is 10.6 Å². The van der Waals surface area contributed by atoms with Crippen LogP contribution in [0.3, 0.4) is 0 Å². The van der Waals surface area contributed by atoms with Crippen LogP contribution in [-0.2, 0) is 0 Å². The average Bonchev–Trinajstić information content (AvgIpc) is 2.40. The molecule has 0 unspecified atom stereocenters. The maximum absolute atomic E-state index is 12.2. The first-order valence-electron chi connectivity index (χ1n) is 6.61. The number of amides is 1. The molecule has 3 nitrogen and oxygen atoms in total. The summed E-state index contributed by atoms with van der Waals surface area (Å²) in [6.45, 7) is 4.83. The molecule has 0 aromatic heterocycles. The van der Waals surface area contributed by atoms with Gasteiger partial charge in [0.2, 0.25) is 0 Å². The molecule has 2 aromatic rings. The smallest absolute Gasteiger partial charge is 0.255 e. The predicted molar refractivity (Wildman–Crippen MR) is 89.8 cm³/mol. The van der Waals surface area contributed by atoms with Gasteiger partial charge >= 0.3 is 0 Å². The van der Waals surface area contributed by atoms with Crippen molar-refractivity contribution in [1.82, 2.24) is 0 Å². The van der Waals surface area contributed by atoms with E-state index < -0.39 is 0 Å². The monoisotopic (exact) mass is 322 g/mol. The molecule has 0 radical (unpaired) electrons. The van der Waals surface area contributed by atoms with E-state index in [1.54, 1.807) is 24.3 Å². The molecule has 0 bridgehead atoms. The molecule has 21 heavy (non-hydrogen) atoms. The molecule has 0 saturated carbocycles. The summed E-state index contributed by atoms with van der Waals surface area (Å²) in [6, 6.07) is 10.5. The summed E-state index contributed by atoms with van der Waals surface area (Å²) in [7, 11) is 0. The molecule has 0 fully saturated rings. The zero-order chi connectivity index (χ0) is 15.4. The van der Waals surface area contributed by atoms with Crippen molar-refractivity contribution >= 4 is 40.5 Å². The topological polar surface area (TPSA) is 41.1 Å². The number of anilines is 2. The highest BCUT2D eigenvalue weighted by Gasteiger charge is 2.09. The number of halogens is 2. The third kappa shape index (κ3) is 4.13. The fourth-order valence-corrected chi connectivity index (χ4v) is 2.55. The van der Waals surface area contributed by atoms with Gasteiger partial charge < -0.3 is 10.6 Å². The van der Waals surface area contributed by atoms with Gasteiger partial charge in [-0.1, -0.05) is 23.2 Å². The summed E-state index contributed by atoms with van der Waals surface area (Å²) in [5, 5.41) is 7.00. The molecule has 0 spiro atoms. The SMILES string of the molecule is CCNc1ccc(C(=O)Nc2cc(Cl)cc(Cl)c2)cc1C. The van der Waals surface area contributed by atoms with E-state index >= 15 is 0 Å². The van der Waals surface area contributed by atoms with E-state index in [9.17, 15) is 4.79 Å². The number of carbonyl (C=O) groups excluding carboxylic acids is 1. The Kier molecular flexibility index (Phi) is 5.10. The number of hydrogen-bond donors (Lipinski definition) is 2. The summed E-state index contributed by atoms with van der Waals surface area (Å²) in [4.78, 5) is 12.2. The number of aryl methyl sites for hydroxylation is 1. The van der Waals surface area contributed by atoms with Crippen molar-refractivity contribution in [2.75, 3.05) is 17.2 Å². The zero-order valence-corrected chi connectivity index (χ0v) is 13.3. The van der Waals surface area contributed by atoms with Gasteiger partial charge in [-0.3, -0.25) is 4.79 Å². The Bertz CT molecular complexity index is 651. The number of hydrogen-bond acceptors (Lipinski definition) is 2. The van der Waals surface area contributed by atoms with Crippen LogP contribution in [0.1, 0.15) is 22.8 Å². The van der Waals surface area contributed by atoms with Crippen LogP contribution in [0.4, 0.5) is 11.4 Å². The van der Waals surface area contributed by atoms with Gasteiger partial charge in [0.1, 0.15) is 0 Å². The summed E-state index contributed by atoms with van der Waals surface area (Å²) in [6.07, 6.45) is 0. The fraction of sp³-hybridized carbons (Fsp3) is 0.188. The van der Waals surface area contributed by atoms with Crippen molar-refractivity contribution < 1.29 is 4.79 Å². The zero-order valence-electron chi connectivity index (χ0n) is 11.8. The van der Waals surface area contributed by atoms with E-state index in [4.69, 9.17) is 23.2 Å². The highest BCUT2D eigenvalue weighted by molar-refractivity contribution is 6.35. The van der Waals surface area contributed by atoms with Gasteiger partial charge in [0.05, 0.1) is 0 Å². The molecule has 2 rings (SSSR count). The molecular formula is C16H16Cl2N2O. The van der Waals surface area contributed by atoms with Crippen molar-refractivity contribution in [2.45, 2.75) is 13.8 Å². The molecule has 1 amide bonds. The largest absolute Gasteiger partial charge is 0.385 e.